The summed E-state index contributed by atoms with van der Waals surface area (Å²) in [4.78, 5) is 4.95. The van der Waals surface area contributed by atoms with Crippen LogP contribution in [0.3, 0.4) is 0 Å². The van der Waals surface area contributed by atoms with Crippen LogP contribution in [0.15, 0.2) is 52.9 Å². The van der Waals surface area contributed by atoms with E-state index in [1.165, 1.54) is 22.2 Å². The molecule has 4 nitrogen and oxygen atoms in total. The molecule has 3 heterocycles. The van der Waals surface area contributed by atoms with Crippen LogP contribution in [-0.2, 0) is 11.3 Å². The van der Waals surface area contributed by atoms with E-state index in [4.69, 9.17) is 9.15 Å². The van der Waals surface area contributed by atoms with Gasteiger partial charge >= 0.3 is 0 Å². The number of para-hydroxylation sites is 1. The lowest BCUT2D eigenvalue weighted by molar-refractivity contribution is 0.122. The molecule has 4 heteroatoms. The summed E-state index contributed by atoms with van der Waals surface area (Å²) in [6.45, 7) is 8.91. The standard InChI is InChI=1S/C23H26N2O2/c1-2-24-15-18-13-19(25-9-11-26-12-10-25)7-8-20(18)21(16-24)23-14-17-5-3-4-6-22(17)27-23/h3-8,13-14,21H,2,9-12,15-16H2,1H3. The van der Waals surface area contributed by atoms with E-state index in [1.54, 1.807) is 0 Å². The fourth-order valence-electron chi connectivity index (χ4n) is 4.41. The largest absolute Gasteiger partial charge is 0.460 e. The van der Waals surface area contributed by atoms with Gasteiger partial charge in [0.1, 0.15) is 11.3 Å². The first-order chi connectivity index (χ1) is 13.3. The van der Waals surface area contributed by atoms with E-state index in [0.717, 1.165) is 57.3 Å². The lowest BCUT2D eigenvalue weighted by Gasteiger charge is -2.35. The summed E-state index contributed by atoms with van der Waals surface area (Å²) in [6, 6.07) is 17.5. The Bertz CT molecular complexity index is 909. The Labute approximate surface area is 160 Å². The van der Waals surface area contributed by atoms with Crippen molar-refractivity contribution < 1.29 is 9.15 Å². The molecule has 2 aliphatic rings. The van der Waals surface area contributed by atoms with Crippen molar-refractivity contribution in [2.75, 3.05) is 44.3 Å². The van der Waals surface area contributed by atoms with Gasteiger partial charge in [0.2, 0.25) is 0 Å². The summed E-state index contributed by atoms with van der Waals surface area (Å²) in [6.07, 6.45) is 0. The predicted octanol–water partition coefficient (Wildman–Crippen LogP) is 4.24. The van der Waals surface area contributed by atoms with Crippen LogP contribution < -0.4 is 4.90 Å². The predicted molar refractivity (Wildman–Crippen MR) is 108 cm³/mol. The molecule has 1 saturated heterocycles. The second kappa shape index (κ2) is 7.02. The number of nitrogens with zero attached hydrogens (tertiary/aromatic N) is 2. The number of morpholine rings is 1. The topological polar surface area (TPSA) is 28.9 Å². The maximum atomic E-state index is 6.25. The summed E-state index contributed by atoms with van der Waals surface area (Å²) < 4.78 is 11.8. The Morgan fingerprint density at radius 2 is 1.89 bits per heavy atom. The lowest BCUT2D eigenvalue weighted by Crippen LogP contribution is -2.37. The van der Waals surface area contributed by atoms with Gasteiger partial charge in [-0.2, -0.15) is 0 Å². The molecule has 1 unspecified atom stereocenters. The van der Waals surface area contributed by atoms with Crippen molar-refractivity contribution in [3.8, 4) is 0 Å². The molecule has 0 bridgehead atoms. The molecule has 27 heavy (non-hydrogen) atoms. The molecule has 0 radical (unpaired) electrons. The normalized spacial score (nSPS) is 20.8. The van der Waals surface area contributed by atoms with E-state index in [2.05, 4.69) is 59.2 Å². The Balaban J connectivity index is 1.53. The Hall–Kier alpha value is -2.30. The third-order valence-electron chi connectivity index (χ3n) is 5.95. The minimum atomic E-state index is 0.292. The summed E-state index contributed by atoms with van der Waals surface area (Å²) in [7, 11) is 0. The highest BCUT2D eigenvalue weighted by Crippen LogP contribution is 2.37. The molecule has 1 atom stereocenters. The van der Waals surface area contributed by atoms with Crippen LogP contribution in [0.25, 0.3) is 11.0 Å². The summed E-state index contributed by atoms with van der Waals surface area (Å²) >= 11 is 0. The molecule has 5 rings (SSSR count). The molecule has 0 amide bonds. The average Bonchev–Trinajstić information content (AvgIpc) is 3.17. The first-order valence-electron chi connectivity index (χ1n) is 9.98. The van der Waals surface area contributed by atoms with Crippen molar-refractivity contribution in [1.82, 2.24) is 4.90 Å². The zero-order chi connectivity index (χ0) is 18.2. The third-order valence-corrected chi connectivity index (χ3v) is 5.95. The maximum Gasteiger partial charge on any atom is 0.134 e. The van der Waals surface area contributed by atoms with Gasteiger partial charge in [-0.3, -0.25) is 4.90 Å². The molecule has 0 aliphatic carbocycles. The molecule has 0 saturated carbocycles. The van der Waals surface area contributed by atoms with Gasteiger partial charge in [-0.1, -0.05) is 31.2 Å². The van der Waals surface area contributed by atoms with Crippen molar-refractivity contribution >= 4 is 16.7 Å². The second-order valence-corrected chi connectivity index (χ2v) is 7.55. The lowest BCUT2D eigenvalue weighted by atomic mass is 9.87. The highest BCUT2D eigenvalue weighted by Gasteiger charge is 2.29. The Morgan fingerprint density at radius 3 is 2.70 bits per heavy atom. The molecule has 2 aliphatic heterocycles. The first-order valence-corrected chi connectivity index (χ1v) is 9.98. The number of anilines is 1. The monoisotopic (exact) mass is 362 g/mol. The van der Waals surface area contributed by atoms with Crippen molar-refractivity contribution in [2.45, 2.75) is 19.4 Å². The van der Waals surface area contributed by atoms with Crippen LogP contribution in [0.1, 0.15) is 29.7 Å². The Kier molecular flexibility index (Phi) is 4.38. The summed E-state index contributed by atoms with van der Waals surface area (Å²) in [5.74, 6) is 1.37. The molecule has 2 aromatic carbocycles. The van der Waals surface area contributed by atoms with Gasteiger partial charge in [-0.05, 0) is 41.9 Å². The zero-order valence-corrected chi connectivity index (χ0v) is 15.9. The molecular formula is C23H26N2O2. The molecule has 0 N–H and O–H groups in total. The van der Waals surface area contributed by atoms with Crippen LogP contribution in [0, 0.1) is 0 Å². The van der Waals surface area contributed by atoms with Crippen molar-refractivity contribution in [2.24, 2.45) is 0 Å². The van der Waals surface area contributed by atoms with Crippen molar-refractivity contribution in [3.05, 3.63) is 65.4 Å². The van der Waals surface area contributed by atoms with Gasteiger partial charge in [0.05, 0.1) is 19.1 Å². The van der Waals surface area contributed by atoms with Gasteiger partial charge in [0.15, 0.2) is 0 Å². The minimum Gasteiger partial charge on any atom is -0.460 e. The van der Waals surface area contributed by atoms with Gasteiger partial charge < -0.3 is 14.1 Å². The second-order valence-electron chi connectivity index (χ2n) is 7.55. The summed E-state index contributed by atoms with van der Waals surface area (Å²) in [5, 5.41) is 1.19. The number of likely N-dealkylation sites (N-methyl/N-ethyl adjacent to an activating group) is 1. The number of rotatable bonds is 3. The van der Waals surface area contributed by atoms with E-state index in [0.29, 0.717) is 5.92 Å². The van der Waals surface area contributed by atoms with E-state index in [9.17, 15) is 0 Å². The van der Waals surface area contributed by atoms with Crippen LogP contribution >= 0.6 is 0 Å². The quantitative estimate of drug-likeness (QED) is 0.697. The fourth-order valence-corrected chi connectivity index (χ4v) is 4.41. The smallest absolute Gasteiger partial charge is 0.134 e. The SMILES string of the molecule is CCN1Cc2cc(N3CCOCC3)ccc2C(c2cc3ccccc3o2)C1. The number of fused-ring (bicyclic) bond motifs is 2. The molecule has 1 aromatic heterocycles. The number of benzene rings is 2. The van der Waals surface area contributed by atoms with E-state index < -0.39 is 0 Å². The first kappa shape index (κ1) is 16.8. The number of ether oxygens (including phenoxy) is 1. The molecular weight excluding hydrogens is 336 g/mol. The number of hydrogen-bond acceptors (Lipinski definition) is 4. The number of furan rings is 1. The minimum absolute atomic E-state index is 0.292. The zero-order valence-electron chi connectivity index (χ0n) is 15.9. The Morgan fingerprint density at radius 1 is 1.04 bits per heavy atom. The average molecular weight is 362 g/mol. The summed E-state index contributed by atoms with van der Waals surface area (Å²) in [5.41, 5.74) is 5.14. The van der Waals surface area contributed by atoms with E-state index in [-0.39, 0.29) is 0 Å². The molecule has 140 valence electrons. The van der Waals surface area contributed by atoms with Crippen molar-refractivity contribution in [1.29, 1.82) is 0 Å². The highest BCUT2D eigenvalue weighted by molar-refractivity contribution is 5.78. The molecule has 0 spiro atoms. The highest BCUT2D eigenvalue weighted by atomic mass is 16.5. The van der Waals surface area contributed by atoms with Crippen LogP contribution in [0.2, 0.25) is 0 Å². The van der Waals surface area contributed by atoms with Gasteiger partial charge in [-0.25, -0.2) is 0 Å². The van der Waals surface area contributed by atoms with E-state index >= 15 is 0 Å². The molecule has 3 aromatic rings. The van der Waals surface area contributed by atoms with Crippen LogP contribution in [-0.4, -0.2) is 44.3 Å². The van der Waals surface area contributed by atoms with Gasteiger partial charge in [-0.15, -0.1) is 0 Å². The molecule has 1 fully saturated rings. The maximum absolute atomic E-state index is 6.25. The van der Waals surface area contributed by atoms with Gasteiger partial charge in [0.25, 0.3) is 0 Å². The van der Waals surface area contributed by atoms with Crippen LogP contribution in [0.5, 0.6) is 0 Å². The van der Waals surface area contributed by atoms with Crippen molar-refractivity contribution in [3.63, 3.8) is 0 Å². The van der Waals surface area contributed by atoms with Gasteiger partial charge in [0, 0.05) is 37.3 Å². The van der Waals surface area contributed by atoms with Crippen LogP contribution in [0.4, 0.5) is 5.69 Å². The number of hydrogen-bond donors (Lipinski definition) is 0. The third kappa shape index (κ3) is 3.13. The van der Waals surface area contributed by atoms with E-state index in [1.807, 2.05) is 6.07 Å². The fraction of sp³-hybridized carbons (Fsp3) is 0.391.